The fourth-order valence-corrected chi connectivity index (χ4v) is 5.15. The SMILES string of the molecule is CCCCc1nc2c(N)nc3ccccc3c2n1CCCCNS(=O)c1cc(F)ccc1C. The summed E-state index contributed by atoms with van der Waals surface area (Å²) in [5.41, 5.74) is 9.75. The molecule has 0 spiro atoms. The van der Waals surface area contributed by atoms with E-state index in [1.54, 1.807) is 6.07 Å². The maximum atomic E-state index is 13.5. The van der Waals surface area contributed by atoms with Gasteiger partial charge in [-0.3, -0.25) is 0 Å². The number of nitrogens with zero attached hydrogens (tertiary/aromatic N) is 3. The van der Waals surface area contributed by atoms with E-state index in [0.717, 1.165) is 72.0 Å². The second-order valence-electron chi connectivity index (χ2n) is 8.27. The molecule has 4 aromatic rings. The van der Waals surface area contributed by atoms with Crippen LogP contribution in [0.15, 0.2) is 47.4 Å². The number of aryl methyl sites for hydroxylation is 3. The molecule has 6 nitrogen and oxygen atoms in total. The van der Waals surface area contributed by atoms with Crippen LogP contribution in [0.1, 0.15) is 44.0 Å². The minimum absolute atomic E-state index is 0.377. The summed E-state index contributed by atoms with van der Waals surface area (Å²) in [6.45, 7) is 5.37. The summed E-state index contributed by atoms with van der Waals surface area (Å²) >= 11 is 0. The number of nitrogens with one attached hydrogen (secondary N) is 1. The summed E-state index contributed by atoms with van der Waals surface area (Å²) in [6.07, 6.45) is 4.74. The minimum atomic E-state index is -1.43. The lowest BCUT2D eigenvalue weighted by Crippen LogP contribution is -2.20. The first-order chi connectivity index (χ1) is 16.0. The van der Waals surface area contributed by atoms with Crippen LogP contribution in [0.25, 0.3) is 21.9 Å². The Labute approximate surface area is 196 Å². The first kappa shape index (κ1) is 23.3. The molecular weight excluding hydrogens is 437 g/mol. The predicted octanol–water partition coefficient (Wildman–Crippen LogP) is 5.05. The minimum Gasteiger partial charge on any atom is -0.382 e. The van der Waals surface area contributed by atoms with Crippen molar-refractivity contribution in [3.05, 3.63) is 59.7 Å². The van der Waals surface area contributed by atoms with Crippen molar-refractivity contribution in [3.8, 4) is 0 Å². The van der Waals surface area contributed by atoms with E-state index >= 15 is 0 Å². The van der Waals surface area contributed by atoms with Crippen molar-refractivity contribution in [2.24, 2.45) is 0 Å². The molecule has 0 saturated carbocycles. The fraction of sp³-hybridized carbons (Fsp3) is 0.360. The normalized spacial score (nSPS) is 12.6. The van der Waals surface area contributed by atoms with Crippen molar-refractivity contribution in [2.75, 3.05) is 12.3 Å². The number of imidazole rings is 1. The molecule has 0 saturated heterocycles. The lowest BCUT2D eigenvalue weighted by molar-refractivity contribution is 0.584. The van der Waals surface area contributed by atoms with Gasteiger partial charge in [0.25, 0.3) is 0 Å². The highest BCUT2D eigenvalue weighted by Gasteiger charge is 2.17. The topological polar surface area (TPSA) is 85.8 Å². The van der Waals surface area contributed by atoms with E-state index in [1.165, 1.54) is 12.1 Å². The number of anilines is 1. The van der Waals surface area contributed by atoms with Gasteiger partial charge in [-0.15, -0.1) is 0 Å². The van der Waals surface area contributed by atoms with E-state index < -0.39 is 11.0 Å². The van der Waals surface area contributed by atoms with Gasteiger partial charge < -0.3 is 10.3 Å². The molecule has 3 N–H and O–H groups in total. The van der Waals surface area contributed by atoms with Gasteiger partial charge in [0, 0.05) is 24.9 Å². The molecule has 2 aromatic heterocycles. The first-order valence-corrected chi connectivity index (χ1v) is 12.6. The molecule has 2 heterocycles. The summed E-state index contributed by atoms with van der Waals surface area (Å²) in [5, 5.41) is 1.05. The third-order valence-electron chi connectivity index (χ3n) is 5.83. The number of nitrogens with two attached hydrogens (primary N) is 1. The summed E-state index contributed by atoms with van der Waals surface area (Å²) in [6, 6.07) is 12.4. The number of aromatic nitrogens is 3. The first-order valence-electron chi connectivity index (χ1n) is 11.4. The molecule has 1 unspecified atom stereocenters. The number of rotatable bonds is 10. The lowest BCUT2D eigenvalue weighted by atomic mass is 10.2. The molecule has 0 aliphatic rings. The number of benzene rings is 2. The maximum absolute atomic E-state index is 13.5. The van der Waals surface area contributed by atoms with Gasteiger partial charge in [0.1, 0.15) is 28.1 Å². The number of para-hydroxylation sites is 1. The molecule has 174 valence electrons. The van der Waals surface area contributed by atoms with E-state index in [1.807, 2.05) is 25.1 Å². The van der Waals surface area contributed by atoms with E-state index in [0.29, 0.717) is 17.3 Å². The Morgan fingerprint density at radius 3 is 2.76 bits per heavy atom. The Balaban J connectivity index is 1.49. The fourth-order valence-electron chi connectivity index (χ4n) is 4.08. The molecule has 2 aromatic carbocycles. The average Bonchev–Trinajstić information content (AvgIpc) is 3.18. The Morgan fingerprint density at radius 2 is 1.94 bits per heavy atom. The number of pyridine rings is 1. The van der Waals surface area contributed by atoms with Gasteiger partial charge in [0.2, 0.25) is 0 Å². The largest absolute Gasteiger partial charge is 0.382 e. The Bertz CT molecular complexity index is 1300. The van der Waals surface area contributed by atoms with Crippen LogP contribution in [0.2, 0.25) is 0 Å². The third kappa shape index (κ3) is 5.07. The van der Waals surface area contributed by atoms with E-state index in [4.69, 9.17) is 10.7 Å². The molecule has 8 heteroatoms. The molecular formula is C25H30FN5OS. The molecule has 0 bridgehead atoms. The number of fused-ring (bicyclic) bond motifs is 3. The Hall–Kier alpha value is -2.84. The molecule has 4 rings (SSSR count). The second kappa shape index (κ2) is 10.4. The van der Waals surface area contributed by atoms with E-state index in [2.05, 4.69) is 27.3 Å². The lowest BCUT2D eigenvalue weighted by Gasteiger charge is -2.11. The molecule has 1 atom stereocenters. The van der Waals surface area contributed by atoms with E-state index in [9.17, 15) is 8.60 Å². The smallest absolute Gasteiger partial charge is 0.152 e. The Kier molecular flexibility index (Phi) is 7.35. The van der Waals surface area contributed by atoms with Gasteiger partial charge >= 0.3 is 0 Å². The quantitative estimate of drug-likeness (QED) is 0.320. The zero-order valence-corrected chi connectivity index (χ0v) is 19.9. The summed E-state index contributed by atoms with van der Waals surface area (Å²) < 4.78 is 31.4. The van der Waals surface area contributed by atoms with Crippen LogP contribution in [0, 0.1) is 12.7 Å². The van der Waals surface area contributed by atoms with Crippen molar-refractivity contribution in [3.63, 3.8) is 0 Å². The monoisotopic (exact) mass is 467 g/mol. The summed E-state index contributed by atoms with van der Waals surface area (Å²) in [4.78, 5) is 9.89. The van der Waals surface area contributed by atoms with Crippen LogP contribution >= 0.6 is 0 Å². The summed E-state index contributed by atoms with van der Waals surface area (Å²) in [7, 11) is -1.43. The highest BCUT2D eigenvalue weighted by Crippen LogP contribution is 2.29. The number of nitrogen functional groups attached to an aromatic ring is 1. The van der Waals surface area contributed by atoms with Crippen molar-refractivity contribution in [1.82, 2.24) is 19.3 Å². The number of hydrogen-bond donors (Lipinski definition) is 2. The van der Waals surface area contributed by atoms with Crippen molar-refractivity contribution in [1.29, 1.82) is 0 Å². The Morgan fingerprint density at radius 1 is 1.12 bits per heavy atom. The van der Waals surface area contributed by atoms with Crippen molar-refractivity contribution < 1.29 is 8.60 Å². The van der Waals surface area contributed by atoms with Gasteiger partial charge in [-0.2, -0.15) is 0 Å². The highest BCUT2D eigenvalue weighted by atomic mass is 32.2. The van der Waals surface area contributed by atoms with Crippen LogP contribution in [-0.4, -0.2) is 25.3 Å². The number of hydrogen-bond acceptors (Lipinski definition) is 4. The van der Waals surface area contributed by atoms with Gasteiger partial charge in [0.05, 0.1) is 15.9 Å². The average molecular weight is 468 g/mol. The van der Waals surface area contributed by atoms with Gasteiger partial charge in [-0.1, -0.05) is 37.6 Å². The second-order valence-corrected chi connectivity index (χ2v) is 9.54. The molecule has 0 aliphatic carbocycles. The maximum Gasteiger partial charge on any atom is 0.152 e. The van der Waals surface area contributed by atoms with E-state index in [-0.39, 0.29) is 5.82 Å². The highest BCUT2D eigenvalue weighted by molar-refractivity contribution is 7.83. The standard InChI is InChI=1S/C25H30FN5OS/c1-3-4-11-22-30-23-24(19-9-5-6-10-20(19)29-25(23)27)31(22)15-8-7-14-28-33(32)21-16-18(26)13-12-17(21)2/h5-6,9-10,12-13,16,28H,3-4,7-8,11,14-15H2,1-2H3,(H2,27,29). The van der Waals surface area contributed by atoms with Gasteiger partial charge in [-0.05, 0) is 49.9 Å². The molecule has 33 heavy (non-hydrogen) atoms. The van der Waals surface area contributed by atoms with Crippen molar-refractivity contribution in [2.45, 2.75) is 57.4 Å². The van der Waals surface area contributed by atoms with Gasteiger partial charge in [-0.25, -0.2) is 23.3 Å². The molecule has 0 aliphatic heterocycles. The van der Waals surface area contributed by atoms with Crippen molar-refractivity contribution >= 4 is 38.7 Å². The number of halogens is 1. The zero-order valence-electron chi connectivity index (χ0n) is 19.1. The number of unbranched alkanes of at least 4 members (excludes halogenated alkanes) is 2. The molecule has 0 amide bonds. The summed E-state index contributed by atoms with van der Waals surface area (Å²) in [5.74, 6) is 1.12. The third-order valence-corrected chi connectivity index (χ3v) is 7.14. The molecule has 0 radical (unpaired) electrons. The zero-order chi connectivity index (χ0) is 23.4. The van der Waals surface area contributed by atoms with Gasteiger partial charge in [0.15, 0.2) is 5.82 Å². The van der Waals surface area contributed by atoms with Crippen LogP contribution in [0.3, 0.4) is 0 Å². The van der Waals surface area contributed by atoms with Crippen LogP contribution in [0.4, 0.5) is 10.2 Å². The van der Waals surface area contributed by atoms with Crippen LogP contribution in [-0.2, 0) is 24.0 Å². The van der Waals surface area contributed by atoms with Crippen LogP contribution < -0.4 is 10.5 Å². The molecule has 0 fully saturated rings. The predicted molar refractivity (Wildman–Crippen MR) is 133 cm³/mol. The van der Waals surface area contributed by atoms with Crippen LogP contribution in [0.5, 0.6) is 0 Å².